The molecule has 74 heavy (non-hydrogen) atoms. The number of aromatic nitrogens is 3. The molecule has 0 bridgehead atoms. The molecule has 0 saturated carbocycles. The molecule has 0 fully saturated rings. The van der Waals surface area contributed by atoms with Crippen molar-refractivity contribution in [2.24, 2.45) is 0 Å². The largest absolute Gasteiger partial charge is 0.293 e. The normalized spacial score (nSPS) is 11.3. The molecule has 14 rings (SSSR count). The van der Waals surface area contributed by atoms with E-state index < -0.39 is 0 Å². The van der Waals surface area contributed by atoms with Gasteiger partial charge >= 0.3 is 0 Å². The van der Waals surface area contributed by atoms with Gasteiger partial charge in [0.05, 0.1) is 16.7 Å². The summed E-state index contributed by atoms with van der Waals surface area (Å²) in [7, 11) is 0. The zero-order valence-corrected chi connectivity index (χ0v) is 40.9. The second-order valence-corrected chi connectivity index (χ2v) is 19.0. The van der Waals surface area contributed by atoms with Crippen LogP contribution in [0.15, 0.2) is 279 Å². The summed E-state index contributed by atoms with van der Waals surface area (Å²) in [6, 6.07) is 99.7. The zero-order chi connectivity index (χ0) is 49.4. The fourth-order valence-electron chi connectivity index (χ4n) is 10.7. The standard InChI is InChI=1S/C64H41N3.C7H8/c1-3-16-42(17-4-1)43-32-34-44(35-33-43)60-41-62(66-64(65-60)45-18-5-2-6-19-45)67-61-31-12-11-28-57(61)58-30-15-29-51(63(58)67)50-23-14-22-48(39-50)46-20-13-21-47(38-46)49-36-37-56-54-26-8-7-24-52(54)53-25-9-10-27-55(53)59(56)40-49;1-7-5-3-2-4-6-7/h1-41H;2-6H,1H3. The van der Waals surface area contributed by atoms with Crippen molar-refractivity contribution in [1.82, 2.24) is 14.5 Å². The molecule has 0 radical (unpaired) electrons. The summed E-state index contributed by atoms with van der Waals surface area (Å²) < 4.78 is 2.34. The van der Waals surface area contributed by atoms with E-state index in [2.05, 4.69) is 254 Å². The van der Waals surface area contributed by atoms with E-state index in [0.717, 1.165) is 50.4 Å². The zero-order valence-electron chi connectivity index (χ0n) is 40.9. The lowest BCUT2D eigenvalue weighted by Crippen LogP contribution is -2.03. The van der Waals surface area contributed by atoms with E-state index in [1.807, 2.05) is 36.4 Å². The van der Waals surface area contributed by atoms with Crippen LogP contribution >= 0.6 is 0 Å². The summed E-state index contributed by atoms with van der Waals surface area (Å²) in [4.78, 5) is 10.6. The van der Waals surface area contributed by atoms with Gasteiger partial charge in [-0.05, 0) is 102 Å². The monoisotopic (exact) mass is 943 g/mol. The van der Waals surface area contributed by atoms with Crippen molar-refractivity contribution in [2.75, 3.05) is 0 Å². The molecule has 3 heteroatoms. The first-order valence-corrected chi connectivity index (χ1v) is 25.3. The van der Waals surface area contributed by atoms with Crippen LogP contribution < -0.4 is 0 Å². The van der Waals surface area contributed by atoms with Crippen molar-refractivity contribution in [3.63, 3.8) is 0 Å². The third-order valence-electron chi connectivity index (χ3n) is 14.3. The molecule has 0 N–H and O–H groups in total. The smallest absolute Gasteiger partial charge is 0.162 e. The summed E-state index contributed by atoms with van der Waals surface area (Å²) in [6.07, 6.45) is 0. The SMILES string of the molecule is Cc1ccccc1.c1ccc(-c2ccc(-c3cc(-n4c5ccccc5c5cccc(-c6cccc(-c7cccc(-c8ccc9c%10ccccc%10c%10ccccc%10c9c8)c7)c6)c54)nc(-c4ccccc4)n3)cc2)cc1. The van der Waals surface area contributed by atoms with Gasteiger partial charge in [-0.1, -0.05) is 254 Å². The molecule has 0 unspecified atom stereocenters. The fourth-order valence-corrected chi connectivity index (χ4v) is 10.7. The molecule has 14 aromatic rings. The van der Waals surface area contributed by atoms with Crippen molar-refractivity contribution in [1.29, 1.82) is 0 Å². The van der Waals surface area contributed by atoms with E-state index in [0.29, 0.717) is 5.82 Å². The van der Waals surface area contributed by atoms with Crippen LogP contribution in [0.3, 0.4) is 0 Å². The van der Waals surface area contributed by atoms with Crippen LogP contribution in [0.25, 0.3) is 127 Å². The Hall–Kier alpha value is -9.70. The number of nitrogens with zero attached hydrogens (tertiary/aromatic N) is 3. The van der Waals surface area contributed by atoms with Crippen LogP contribution in [-0.2, 0) is 0 Å². The summed E-state index contributed by atoms with van der Waals surface area (Å²) in [5, 5.41) is 10.0. The first-order chi connectivity index (χ1) is 36.6. The van der Waals surface area contributed by atoms with Crippen LogP contribution in [-0.4, -0.2) is 14.5 Å². The fraction of sp³-hybridized carbons (Fsp3) is 0.0141. The van der Waals surface area contributed by atoms with Crippen LogP contribution in [0, 0.1) is 6.92 Å². The Labute approximate surface area is 431 Å². The maximum Gasteiger partial charge on any atom is 0.162 e. The molecule has 12 aromatic carbocycles. The Morgan fingerprint density at radius 2 is 0.703 bits per heavy atom. The van der Waals surface area contributed by atoms with Gasteiger partial charge in [-0.2, -0.15) is 0 Å². The summed E-state index contributed by atoms with van der Waals surface area (Å²) in [5.74, 6) is 1.49. The topological polar surface area (TPSA) is 30.7 Å². The quantitative estimate of drug-likeness (QED) is 0.149. The highest BCUT2D eigenvalue weighted by atomic mass is 15.1. The molecule has 3 nitrogen and oxygen atoms in total. The molecule has 0 saturated heterocycles. The van der Waals surface area contributed by atoms with Gasteiger partial charge in [0.25, 0.3) is 0 Å². The predicted molar refractivity (Wildman–Crippen MR) is 313 cm³/mol. The number of hydrogen-bond donors (Lipinski definition) is 0. The Bertz CT molecular complexity index is 4310. The molecule has 0 aliphatic carbocycles. The molecular formula is C71H49N3. The van der Waals surface area contributed by atoms with Gasteiger partial charge < -0.3 is 0 Å². The number of fused-ring (bicyclic) bond motifs is 9. The van der Waals surface area contributed by atoms with Gasteiger partial charge in [0, 0.05) is 33.5 Å². The minimum atomic E-state index is 0.679. The number of benzene rings is 12. The van der Waals surface area contributed by atoms with Gasteiger partial charge in [-0.25, -0.2) is 9.97 Å². The Morgan fingerprint density at radius 3 is 1.32 bits per heavy atom. The van der Waals surface area contributed by atoms with E-state index in [1.165, 1.54) is 76.5 Å². The first-order valence-electron chi connectivity index (χ1n) is 25.3. The predicted octanol–water partition coefficient (Wildman–Crippen LogP) is 19.0. The molecule has 0 aliphatic heterocycles. The van der Waals surface area contributed by atoms with Crippen molar-refractivity contribution < 1.29 is 0 Å². The van der Waals surface area contributed by atoms with Crippen molar-refractivity contribution in [3.8, 4) is 73.0 Å². The molecular weight excluding hydrogens is 895 g/mol. The summed E-state index contributed by atoms with van der Waals surface area (Å²) in [5.41, 5.74) is 15.7. The molecule has 2 aromatic heterocycles. The molecule has 0 atom stereocenters. The van der Waals surface area contributed by atoms with Crippen LogP contribution in [0.4, 0.5) is 0 Å². The Kier molecular flexibility index (Phi) is 11.4. The number of rotatable bonds is 7. The van der Waals surface area contributed by atoms with Crippen molar-refractivity contribution >= 4 is 54.1 Å². The highest BCUT2D eigenvalue weighted by molar-refractivity contribution is 6.25. The van der Waals surface area contributed by atoms with Gasteiger partial charge in [0.15, 0.2) is 5.82 Å². The summed E-state index contributed by atoms with van der Waals surface area (Å²) >= 11 is 0. The number of aryl methyl sites for hydroxylation is 1. The van der Waals surface area contributed by atoms with Crippen LogP contribution in [0.1, 0.15) is 5.56 Å². The van der Waals surface area contributed by atoms with Crippen molar-refractivity contribution in [3.05, 3.63) is 285 Å². The number of hydrogen-bond acceptors (Lipinski definition) is 2. The van der Waals surface area contributed by atoms with E-state index in [-0.39, 0.29) is 0 Å². The maximum atomic E-state index is 5.38. The molecule has 0 aliphatic rings. The lowest BCUT2D eigenvalue weighted by molar-refractivity contribution is 1.05. The average Bonchev–Trinajstić information content (AvgIpc) is 3.83. The second-order valence-electron chi connectivity index (χ2n) is 19.0. The molecule has 348 valence electrons. The molecule has 2 heterocycles. The highest BCUT2D eigenvalue weighted by Crippen LogP contribution is 2.41. The number of para-hydroxylation sites is 2. The third kappa shape index (κ3) is 8.26. The van der Waals surface area contributed by atoms with Gasteiger partial charge in [-0.3, -0.25) is 4.57 Å². The minimum Gasteiger partial charge on any atom is -0.293 e. The lowest BCUT2D eigenvalue weighted by atomic mass is 9.91. The summed E-state index contributed by atoms with van der Waals surface area (Å²) in [6.45, 7) is 2.08. The lowest BCUT2D eigenvalue weighted by Gasteiger charge is -2.15. The van der Waals surface area contributed by atoms with E-state index in [4.69, 9.17) is 9.97 Å². The van der Waals surface area contributed by atoms with Gasteiger partial charge in [0.1, 0.15) is 5.82 Å². The Balaban J connectivity index is 0.000000700. The molecule has 0 spiro atoms. The average molecular weight is 944 g/mol. The molecule has 0 amide bonds. The Morgan fingerprint density at radius 1 is 0.270 bits per heavy atom. The minimum absolute atomic E-state index is 0.679. The van der Waals surface area contributed by atoms with Crippen LogP contribution in [0.2, 0.25) is 0 Å². The second kappa shape index (κ2) is 19.1. The highest BCUT2D eigenvalue weighted by Gasteiger charge is 2.20. The van der Waals surface area contributed by atoms with Gasteiger partial charge in [0.2, 0.25) is 0 Å². The van der Waals surface area contributed by atoms with E-state index in [9.17, 15) is 0 Å². The van der Waals surface area contributed by atoms with E-state index >= 15 is 0 Å². The third-order valence-corrected chi connectivity index (χ3v) is 14.3. The van der Waals surface area contributed by atoms with Gasteiger partial charge in [-0.15, -0.1) is 0 Å². The van der Waals surface area contributed by atoms with Crippen molar-refractivity contribution in [2.45, 2.75) is 6.92 Å². The van der Waals surface area contributed by atoms with Crippen LogP contribution in [0.5, 0.6) is 0 Å². The first kappa shape index (κ1) is 44.3. The maximum absolute atomic E-state index is 5.38. The van der Waals surface area contributed by atoms with E-state index in [1.54, 1.807) is 0 Å².